The van der Waals surface area contributed by atoms with E-state index in [4.69, 9.17) is 10.2 Å². The Morgan fingerprint density at radius 1 is 1.27 bits per heavy atom. The minimum Gasteiger partial charge on any atom is -0.394 e. The molecule has 0 amide bonds. The lowest BCUT2D eigenvalue weighted by Gasteiger charge is -2.45. The van der Waals surface area contributed by atoms with Crippen LogP contribution in [0.3, 0.4) is 0 Å². The van der Waals surface area contributed by atoms with Crippen molar-refractivity contribution >= 4 is 0 Å². The molecule has 0 aromatic rings. The van der Waals surface area contributed by atoms with E-state index in [0.29, 0.717) is 0 Å². The molecule has 0 aliphatic carbocycles. The van der Waals surface area contributed by atoms with Crippen LogP contribution >= 0.6 is 0 Å². The Balaban J connectivity index is 2.93. The number of halogens is 2. The molecule has 90 valence electrons. The van der Waals surface area contributed by atoms with Crippen molar-refractivity contribution in [2.45, 2.75) is 36.6 Å². The molecule has 1 aliphatic heterocycles. The fourth-order valence-corrected chi connectivity index (χ4v) is 1.37. The summed E-state index contributed by atoms with van der Waals surface area (Å²) in [6, 6.07) is 0. The molecule has 1 saturated heterocycles. The van der Waals surface area contributed by atoms with Gasteiger partial charge in [-0.3, -0.25) is 0 Å². The van der Waals surface area contributed by atoms with Crippen molar-refractivity contribution in [1.29, 1.82) is 0 Å². The van der Waals surface area contributed by atoms with Crippen LogP contribution in [0.1, 0.15) is 0 Å². The van der Waals surface area contributed by atoms with Gasteiger partial charge >= 0.3 is 0 Å². The van der Waals surface area contributed by atoms with E-state index in [9.17, 15) is 24.1 Å². The second kappa shape index (κ2) is 4.24. The molecule has 8 heteroatoms. The Bertz CT molecular complexity index is 228. The summed E-state index contributed by atoms with van der Waals surface area (Å²) < 4.78 is 29.1. The molecule has 1 unspecified atom stereocenters. The third-order valence-corrected chi connectivity index (χ3v) is 2.41. The summed E-state index contributed by atoms with van der Waals surface area (Å²) >= 11 is 0. The molecule has 0 radical (unpaired) electrons. The topological polar surface area (TPSA) is 110 Å². The fraction of sp³-hybridized carbons (Fsp3) is 1.00. The number of hydrogen-bond acceptors (Lipinski definition) is 6. The molecule has 0 aromatic heterocycles. The largest absolute Gasteiger partial charge is 0.394 e. The van der Waals surface area contributed by atoms with Gasteiger partial charge in [0, 0.05) is 0 Å². The first-order valence-corrected chi connectivity index (χ1v) is 4.16. The average Bonchev–Trinajstić information content (AvgIpc) is 2.20. The highest BCUT2D eigenvalue weighted by atomic mass is 19.3. The summed E-state index contributed by atoms with van der Waals surface area (Å²) in [6.07, 6.45) is -11.5. The predicted octanol–water partition coefficient (Wildman–Crippen LogP) is -2.59. The molecule has 15 heavy (non-hydrogen) atoms. The summed E-state index contributed by atoms with van der Waals surface area (Å²) in [5, 5.41) is 45.3. The average molecular weight is 230 g/mol. The van der Waals surface area contributed by atoms with Crippen LogP contribution in [-0.4, -0.2) is 68.8 Å². The van der Waals surface area contributed by atoms with Crippen LogP contribution in [0.5, 0.6) is 0 Å². The number of hydrogen-bond donors (Lipinski definition) is 5. The van der Waals surface area contributed by atoms with Gasteiger partial charge in [0.05, 0.1) is 6.61 Å². The van der Waals surface area contributed by atoms with Crippen LogP contribution in [-0.2, 0) is 4.74 Å². The zero-order valence-electron chi connectivity index (χ0n) is 7.49. The van der Waals surface area contributed by atoms with E-state index < -0.39 is 43.2 Å². The van der Waals surface area contributed by atoms with Gasteiger partial charge in [-0.05, 0) is 0 Å². The SMILES string of the molecule is OC[C@H]1OC(O)[C@](O)(C(F)F)[C@@H](O)[C@@H]1O. The van der Waals surface area contributed by atoms with Crippen molar-refractivity contribution in [1.82, 2.24) is 0 Å². The highest BCUT2D eigenvalue weighted by molar-refractivity contribution is 5.01. The van der Waals surface area contributed by atoms with E-state index in [1.54, 1.807) is 0 Å². The molecule has 1 rings (SSSR count). The normalized spacial score (nSPS) is 47.2. The first-order valence-electron chi connectivity index (χ1n) is 4.16. The molecule has 6 nitrogen and oxygen atoms in total. The smallest absolute Gasteiger partial charge is 0.274 e. The monoisotopic (exact) mass is 230 g/mol. The van der Waals surface area contributed by atoms with E-state index in [1.807, 2.05) is 0 Å². The van der Waals surface area contributed by atoms with Gasteiger partial charge in [-0.2, -0.15) is 0 Å². The summed E-state index contributed by atoms with van der Waals surface area (Å²) in [4.78, 5) is 0. The summed E-state index contributed by atoms with van der Waals surface area (Å²) in [5.41, 5.74) is -3.26. The minimum atomic E-state index is -3.50. The molecular formula is C7H12F2O6. The first kappa shape index (κ1) is 12.7. The second-order valence-corrected chi connectivity index (χ2v) is 3.33. The fourth-order valence-electron chi connectivity index (χ4n) is 1.37. The van der Waals surface area contributed by atoms with Gasteiger partial charge in [-0.25, -0.2) is 8.78 Å². The number of aliphatic hydroxyl groups is 5. The molecule has 1 fully saturated rings. The van der Waals surface area contributed by atoms with Crippen molar-refractivity contribution < 1.29 is 39.1 Å². The molecule has 1 aliphatic rings. The standard InChI is InChI=1S/C7H12F2O6/c8-5(9)7(14)4(12)3(11)2(1-10)15-6(7)13/h2-6,10-14H,1H2/t2-,3-,4+,6?,7-/m1/s1. The van der Waals surface area contributed by atoms with E-state index >= 15 is 0 Å². The summed E-state index contributed by atoms with van der Waals surface area (Å²) in [7, 11) is 0. The Hall–Kier alpha value is -0.380. The van der Waals surface area contributed by atoms with Crippen molar-refractivity contribution in [3.63, 3.8) is 0 Å². The quantitative estimate of drug-likeness (QED) is 0.356. The van der Waals surface area contributed by atoms with Gasteiger partial charge in [0.15, 0.2) is 6.29 Å². The lowest BCUT2D eigenvalue weighted by molar-refractivity contribution is -0.354. The molecule has 0 bridgehead atoms. The maximum Gasteiger partial charge on any atom is 0.274 e. The highest BCUT2D eigenvalue weighted by Gasteiger charge is 2.59. The molecule has 0 aromatic carbocycles. The minimum absolute atomic E-state index is 0.783. The summed E-state index contributed by atoms with van der Waals surface area (Å²) in [6.45, 7) is -0.783. The number of ether oxygens (including phenoxy) is 1. The lowest BCUT2D eigenvalue weighted by Crippen LogP contribution is -2.69. The van der Waals surface area contributed by atoms with Crippen LogP contribution in [0.4, 0.5) is 8.78 Å². The molecular weight excluding hydrogens is 218 g/mol. The van der Waals surface area contributed by atoms with E-state index in [0.717, 1.165) is 0 Å². The zero-order valence-corrected chi connectivity index (χ0v) is 7.49. The van der Waals surface area contributed by atoms with Gasteiger partial charge in [-0.15, -0.1) is 0 Å². The molecule has 0 saturated carbocycles. The van der Waals surface area contributed by atoms with Crippen molar-refractivity contribution in [3.05, 3.63) is 0 Å². The summed E-state index contributed by atoms with van der Waals surface area (Å²) in [5.74, 6) is 0. The van der Waals surface area contributed by atoms with Gasteiger partial charge in [0.25, 0.3) is 6.43 Å². The predicted molar refractivity (Wildman–Crippen MR) is 40.9 cm³/mol. The third-order valence-electron chi connectivity index (χ3n) is 2.41. The maximum absolute atomic E-state index is 12.4. The number of alkyl halides is 2. The molecule has 0 spiro atoms. The van der Waals surface area contributed by atoms with Crippen molar-refractivity contribution in [2.75, 3.05) is 6.61 Å². The van der Waals surface area contributed by atoms with Gasteiger partial charge < -0.3 is 30.3 Å². The van der Waals surface area contributed by atoms with Crippen LogP contribution in [0, 0.1) is 0 Å². The highest BCUT2D eigenvalue weighted by Crippen LogP contribution is 2.33. The van der Waals surface area contributed by atoms with Gasteiger partial charge in [0.1, 0.15) is 18.3 Å². The Labute approximate surface area is 83.3 Å². The number of rotatable bonds is 2. The third kappa shape index (κ3) is 1.84. The maximum atomic E-state index is 12.4. The number of aliphatic hydroxyl groups excluding tert-OH is 4. The second-order valence-electron chi connectivity index (χ2n) is 3.33. The zero-order chi connectivity index (χ0) is 11.8. The molecule has 5 N–H and O–H groups in total. The Morgan fingerprint density at radius 3 is 2.20 bits per heavy atom. The first-order chi connectivity index (χ1) is 6.85. The van der Waals surface area contributed by atoms with Gasteiger partial charge in [0.2, 0.25) is 5.60 Å². The van der Waals surface area contributed by atoms with E-state index in [2.05, 4.69) is 4.74 Å². The van der Waals surface area contributed by atoms with E-state index in [-0.39, 0.29) is 0 Å². The molecule has 1 heterocycles. The lowest BCUT2D eigenvalue weighted by atomic mass is 9.87. The van der Waals surface area contributed by atoms with Gasteiger partial charge in [-0.1, -0.05) is 0 Å². The van der Waals surface area contributed by atoms with E-state index in [1.165, 1.54) is 0 Å². The van der Waals surface area contributed by atoms with Crippen LogP contribution < -0.4 is 0 Å². The van der Waals surface area contributed by atoms with Crippen LogP contribution in [0.15, 0.2) is 0 Å². The van der Waals surface area contributed by atoms with Crippen LogP contribution in [0.25, 0.3) is 0 Å². The Kier molecular flexibility index (Phi) is 3.59. The van der Waals surface area contributed by atoms with Crippen molar-refractivity contribution in [2.24, 2.45) is 0 Å². The van der Waals surface area contributed by atoms with Crippen molar-refractivity contribution in [3.8, 4) is 0 Å². The van der Waals surface area contributed by atoms with Crippen LogP contribution in [0.2, 0.25) is 0 Å². The molecule has 5 atom stereocenters. The Morgan fingerprint density at radius 2 is 1.80 bits per heavy atom.